The Labute approximate surface area is 135 Å². The Morgan fingerprint density at radius 3 is 2.57 bits per heavy atom. The highest BCUT2D eigenvalue weighted by atomic mass is 19.1. The monoisotopic (exact) mass is 319 g/mol. The van der Waals surface area contributed by atoms with Gasteiger partial charge in [-0.2, -0.15) is 0 Å². The van der Waals surface area contributed by atoms with Gasteiger partial charge in [0.05, 0.1) is 6.04 Å². The van der Waals surface area contributed by atoms with E-state index in [0.717, 1.165) is 5.56 Å². The zero-order chi connectivity index (χ0) is 17.0. The van der Waals surface area contributed by atoms with Crippen LogP contribution in [0.2, 0.25) is 0 Å². The maximum atomic E-state index is 13.0. The van der Waals surface area contributed by atoms with E-state index in [0.29, 0.717) is 12.4 Å². The molecule has 23 heavy (non-hydrogen) atoms. The number of amides is 2. The molecule has 6 nitrogen and oxygen atoms in total. The van der Waals surface area contributed by atoms with Gasteiger partial charge in [0.25, 0.3) is 0 Å². The average molecular weight is 319 g/mol. The van der Waals surface area contributed by atoms with Crippen molar-refractivity contribution in [3.63, 3.8) is 0 Å². The first-order valence-corrected chi connectivity index (χ1v) is 7.44. The summed E-state index contributed by atoms with van der Waals surface area (Å²) in [4.78, 5) is 12.1. The van der Waals surface area contributed by atoms with Gasteiger partial charge in [-0.15, -0.1) is 10.2 Å². The summed E-state index contributed by atoms with van der Waals surface area (Å²) in [6.07, 6.45) is 1.59. The highest BCUT2D eigenvalue weighted by molar-refractivity contribution is 5.74. The second kappa shape index (κ2) is 6.76. The second-order valence-electron chi connectivity index (χ2n) is 6.24. The molecule has 1 atom stereocenters. The Balaban J connectivity index is 1.90. The van der Waals surface area contributed by atoms with Crippen molar-refractivity contribution in [1.82, 2.24) is 25.4 Å². The van der Waals surface area contributed by atoms with Crippen LogP contribution in [0.25, 0.3) is 0 Å². The third kappa shape index (κ3) is 4.28. The summed E-state index contributed by atoms with van der Waals surface area (Å²) in [6.45, 7) is 6.25. The molecule has 0 aliphatic carbocycles. The predicted octanol–water partition coefficient (Wildman–Crippen LogP) is 2.29. The average Bonchev–Trinajstić information content (AvgIpc) is 2.92. The Hall–Kier alpha value is -2.44. The smallest absolute Gasteiger partial charge is 0.315 e. The third-order valence-electron chi connectivity index (χ3n) is 3.80. The molecule has 0 unspecified atom stereocenters. The number of urea groups is 1. The summed E-state index contributed by atoms with van der Waals surface area (Å²) < 4.78 is 14.8. The molecule has 2 rings (SSSR count). The standard InChI is InChI=1S/C16H22FN5O/c1-11(14-21-19-10-22(14)4)20-15(23)18-9-16(2,3)12-5-7-13(17)8-6-12/h5-8,10-11H,9H2,1-4H3,(H2,18,20,23)/t11-/m0/s1. The number of nitrogens with one attached hydrogen (secondary N) is 2. The molecule has 1 aromatic heterocycles. The number of nitrogens with zero attached hydrogens (tertiary/aromatic N) is 3. The van der Waals surface area contributed by atoms with Crippen LogP contribution >= 0.6 is 0 Å². The van der Waals surface area contributed by atoms with Crippen LogP contribution in [0.15, 0.2) is 30.6 Å². The topological polar surface area (TPSA) is 71.8 Å². The van der Waals surface area contributed by atoms with Gasteiger partial charge in [-0.25, -0.2) is 9.18 Å². The molecule has 0 bridgehead atoms. The van der Waals surface area contributed by atoms with Crippen molar-refractivity contribution in [2.45, 2.75) is 32.2 Å². The van der Waals surface area contributed by atoms with Crippen LogP contribution in [0.5, 0.6) is 0 Å². The molecule has 124 valence electrons. The van der Waals surface area contributed by atoms with Gasteiger partial charge >= 0.3 is 6.03 Å². The van der Waals surface area contributed by atoms with Gasteiger partial charge in [0.2, 0.25) is 0 Å². The summed E-state index contributed by atoms with van der Waals surface area (Å²) in [6, 6.07) is 5.78. The van der Waals surface area contributed by atoms with Gasteiger partial charge in [-0.05, 0) is 24.6 Å². The van der Waals surface area contributed by atoms with E-state index in [9.17, 15) is 9.18 Å². The first-order valence-electron chi connectivity index (χ1n) is 7.44. The van der Waals surface area contributed by atoms with Crippen LogP contribution in [0.4, 0.5) is 9.18 Å². The van der Waals surface area contributed by atoms with Crippen LogP contribution in [0, 0.1) is 5.82 Å². The van der Waals surface area contributed by atoms with E-state index < -0.39 is 0 Å². The van der Waals surface area contributed by atoms with Crippen molar-refractivity contribution in [3.05, 3.63) is 47.8 Å². The van der Waals surface area contributed by atoms with E-state index in [1.165, 1.54) is 12.1 Å². The molecule has 1 heterocycles. The maximum Gasteiger partial charge on any atom is 0.315 e. The van der Waals surface area contributed by atoms with Crippen molar-refractivity contribution in [1.29, 1.82) is 0 Å². The molecular formula is C16H22FN5O. The normalized spacial score (nSPS) is 12.7. The van der Waals surface area contributed by atoms with Gasteiger partial charge < -0.3 is 15.2 Å². The van der Waals surface area contributed by atoms with Crippen LogP contribution in [-0.2, 0) is 12.5 Å². The molecular weight excluding hydrogens is 297 g/mol. The lowest BCUT2D eigenvalue weighted by Gasteiger charge is -2.26. The Bertz CT molecular complexity index is 665. The quantitative estimate of drug-likeness (QED) is 0.888. The fourth-order valence-electron chi connectivity index (χ4n) is 2.30. The summed E-state index contributed by atoms with van der Waals surface area (Å²) >= 11 is 0. The fourth-order valence-corrected chi connectivity index (χ4v) is 2.30. The number of carbonyl (C=O) groups is 1. The first kappa shape index (κ1) is 16.9. The molecule has 0 aliphatic rings. The maximum absolute atomic E-state index is 13.0. The predicted molar refractivity (Wildman–Crippen MR) is 85.4 cm³/mol. The summed E-state index contributed by atoms with van der Waals surface area (Å²) in [5, 5.41) is 13.4. The number of aromatic nitrogens is 3. The number of carbonyl (C=O) groups excluding carboxylic acids is 1. The minimum absolute atomic E-state index is 0.253. The molecule has 0 aliphatic heterocycles. The molecule has 2 amide bonds. The molecule has 0 saturated carbocycles. The summed E-state index contributed by atoms with van der Waals surface area (Å²) in [5.74, 6) is 0.408. The molecule has 0 saturated heterocycles. The number of halogens is 1. The minimum atomic E-state index is -0.306. The van der Waals surface area contributed by atoms with Gasteiger partial charge in [-0.1, -0.05) is 26.0 Å². The van der Waals surface area contributed by atoms with E-state index in [2.05, 4.69) is 20.8 Å². The van der Waals surface area contributed by atoms with Crippen LogP contribution < -0.4 is 10.6 Å². The lowest BCUT2D eigenvalue weighted by atomic mass is 9.84. The number of hydrogen-bond donors (Lipinski definition) is 2. The Kier molecular flexibility index (Phi) is 4.98. The van der Waals surface area contributed by atoms with Gasteiger partial charge in [-0.3, -0.25) is 0 Å². The molecule has 2 N–H and O–H groups in total. The van der Waals surface area contributed by atoms with E-state index in [1.807, 2.05) is 27.8 Å². The summed E-state index contributed by atoms with van der Waals surface area (Å²) in [7, 11) is 1.82. The van der Waals surface area contributed by atoms with Gasteiger partial charge in [0.1, 0.15) is 12.1 Å². The molecule has 1 aromatic carbocycles. The first-order chi connectivity index (χ1) is 10.8. The highest BCUT2D eigenvalue weighted by Crippen LogP contribution is 2.22. The molecule has 2 aromatic rings. The van der Waals surface area contributed by atoms with Crippen LogP contribution in [0.1, 0.15) is 38.2 Å². The van der Waals surface area contributed by atoms with Gasteiger partial charge in [0, 0.05) is 19.0 Å². The van der Waals surface area contributed by atoms with Crippen molar-refractivity contribution >= 4 is 6.03 Å². The van der Waals surface area contributed by atoms with Crippen molar-refractivity contribution in [2.75, 3.05) is 6.54 Å². The zero-order valence-corrected chi connectivity index (χ0v) is 13.8. The minimum Gasteiger partial charge on any atom is -0.337 e. The second-order valence-corrected chi connectivity index (χ2v) is 6.24. The lowest BCUT2D eigenvalue weighted by molar-refractivity contribution is 0.234. The van der Waals surface area contributed by atoms with E-state index >= 15 is 0 Å². The molecule has 0 spiro atoms. The highest BCUT2D eigenvalue weighted by Gasteiger charge is 2.22. The van der Waals surface area contributed by atoms with Crippen LogP contribution in [0.3, 0.4) is 0 Å². The number of benzene rings is 1. The van der Waals surface area contributed by atoms with E-state index in [1.54, 1.807) is 23.0 Å². The van der Waals surface area contributed by atoms with Gasteiger partial charge in [0.15, 0.2) is 5.82 Å². The third-order valence-corrected chi connectivity index (χ3v) is 3.80. The summed E-state index contributed by atoms with van der Waals surface area (Å²) in [5.41, 5.74) is 0.652. The molecule has 7 heteroatoms. The van der Waals surface area contributed by atoms with E-state index in [4.69, 9.17) is 0 Å². The largest absolute Gasteiger partial charge is 0.337 e. The zero-order valence-electron chi connectivity index (χ0n) is 13.8. The number of hydrogen-bond acceptors (Lipinski definition) is 3. The molecule has 0 radical (unpaired) electrons. The van der Waals surface area contributed by atoms with E-state index in [-0.39, 0.29) is 23.3 Å². The fraction of sp³-hybridized carbons (Fsp3) is 0.438. The number of aryl methyl sites for hydroxylation is 1. The Morgan fingerprint density at radius 2 is 2.00 bits per heavy atom. The van der Waals surface area contributed by atoms with Crippen molar-refractivity contribution < 1.29 is 9.18 Å². The molecule has 0 fully saturated rings. The Morgan fingerprint density at radius 1 is 1.35 bits per heavy atom. The van der Waals surface area contributed by atoms with Crippen molar-refractivity contribution in [2.24, 2.45) is 7.05 Å². The van der Waals surface area contributed by atoms with Crippen LogP contribution in [-0.4, -0.2) is 27.3 Å². The number of rotatable bonds is 5. The van der Waals surface area contributed by atoms with Crippen molar-refractivity contribution in [3.8, 4) is 0 Å². The lowest BCUT2D eigenvalue weighted by Crippen LogP contribution is -2.43. The SMILES string of the molecule is C[C@H](NC(=O)NCC(C)(C)c1ccc(F)cc1)c1nncn1C.